The zero-order valence-electron chi connectivity index (χ0n) is 8.35. The van der Waals surface area contributed by atoms with Crippen LogP contribution in [0.4, 0.5) is 0 Å². The predicted octanol–water partition coefficient (Wildman–Crippen LogP) is 1.97. The first kappa shape index (κ1) is 13.6. The van der Waals surface area contributed by atoms with Crippen molar-refractivity contribution in [2.45, 2.75) is 13.3 Å². The lowest BCUT2D eigenvalue weighted by Crippen LogP contribution is -2.19. The van der Waals surface area contributed by atoms with Crippen LogP contribution in [0.25, 0.3) is 0 Å². The molecule has 0 aliphatic heterocycles. The first-order valence-electron chi connectivity index (χ1n) is 4.84. The van der Waals surface area contributed by atoms with Gasteiger partial charge in [-0.15, -0.1) is 11.6 Å². The van der Waals surface area contributed by atoms with Crippen molar-refractivity contribution in [1.82, 2.24) is 5.32 Å². The molecule has 4 heteroatoms. The molecule has 2 nitrogen and oxygen atoms in total. The molecule has 0 saturated heterocycles. The Bertz CT molecular complexity index is 85.7. The molecule has 0 heterocycles. The Kier molecular flexibility index (Phi) is 13.1. The van der Waals surface area contributed by atoms with E-state index in [-0.39, 0.29) is 0 Å². The van der Waals surface area contributed by atoms with Crippen LogP contribution in [-0.4, -0.2) is 43.7 Å². The van der Waals surface area contributed by atoms with Gasteiger partial charge in [-0.3, -0.25) is 0 Å². The van der Waals surface area contributed by atoms with E-state index in [0.29, 0.717) is 12.5 Å². The second-order valence-electron chi connectivity index (χ2n) is 2.60. The Morgan fingerprint density at radius 1 is 1.31 bits per heavy atom. The SMILES string of the molecule is CCSCCNCCCOCCCl. The normalized spacial score (nSPS) is 10.6. The molecule has 0 amide bonds. The maximum Gasteiger partial charge on any atom is 0.0601 e. The average Bonchev–Trinajstić information content (AvgIpc) is 2.16. The molecule has 0 aromatic carbocycles. The van der Waals surface area contributed by atoms with Crippen molar-refractivity contribution in [2.24, 2.45) is 0 Å². The standard InChI is InChI=1S/C9H20ClNOS/c1-2-13-9-6-11-5-3-7-12-8-4-10/h11H,2-9H2,1H3. The second kappa shape index (κ2) is 12.6. The van der Waals surface area contributed by atoms with Gasteiger partial charge < -0.3 is 10.1 Å². The summed E-state index contributed by atoms with van der Waals surface area (Å²) in [5.41, 5.74) is 0. The highest BCUT2D eigenvalue weighted by Crippen LogP contribution is 1.94. The fraction of sp³-hybridized carbons (Fsp3) is 1.00. The summed E-state index contributed by atoms with van der Waals surface area (Å²) in [6, 6.07) is 0. The zero-order valence-corrected chi connectivity index (χ0v) is 9.92. The molecule has 0 atom stereocenters. The second-order valence-corrected chi connectivity index (χ2v) is 4.37. The third kappa shape index (κ3) is 12.6. The van der Waals surface area contributed by atoms with Gasteiger partial charge in [-0.1, -0.05) is 6.92 Å². The van der Waals surface area contributed by atoms with Crippen LogP contribution in [0.2, 0.25) is 0 Å². The van der Waals surface area contributed by atoms with Crippen LogP contribution < -0.4 is 5.32 Å². The topological polar surface area (TPSA) is 21.3 Å². The number of hydrogen-bond donors (Lipinski definition) is 1. The Labute approximate surface area is 90.7 Å². The van der Waals surface area contributed by atoms with Crippen LogP contribution in [0.3, 0.4) is 0 Å². The highest BCUT2D eigenvalue weighted by Gasteiger charge is 1.89. The van der Waals surface area contributed by atoms with E-state index < -0.39 is 0 Å². The quantitative estimate of drug-likeness (QED) is 0.454. The minimum atomic E-state index is 0.598. The number of ether oxygens (including phenoxy) is 1. The van der Waals surface area contributed by atoms with Crippen molar-refractivity contribution in [2.75, 3.05) is 43.7 Å². The van der Waals surface area contributed by atoms with Crippen molar-refractivity contribution in [3.05, 3.63) is 0 Å². The van der Waals surface area contributed by atoms with Gasteiger partial charge in [-0.2, -0.15) is 11.8 Å². The molecule has 0 saturated carbocycles. The largest absolute Gasteiger partial charge is 0.380 e. The highest BCUT2D eigenvalue weighted by molar-refractivity contribution is 7.99. The predicted molar refractivity (Wildman–Crippen MR) is 62.0 cm³/mol. The number of rotatable bonds is 10. The van der Waals surface area contributed by atoms with Gasteiger partial charge in [-0.25, -0.2) is 0 Å². The van der Waals surface area contributed by atoms with Crippen molar-refractivity contribution >= 4 is 23.4 Å². The van der Waals surface area contributed by atoms with Gasteiger partial charge in [0.25, 0.3) is 0 Å². The summed E-state index contributed by atoms with van der Waals surface area (Å²) >= 11 is 7.42. The van der Waals surface area contributed by atoms with Gasteiger partial charge in [0.15, 0.2) is 0 Å². The summed E-state index contributed by atoms with van der Waals surface area (Å²) < 4.78 is 5.23. The molecule has 80 valence electrons. The minimum Gasteiger partial charge on any atom is -0.380 e. The molecule has 0 aliphatic carbocycles. The Morgan fingerprint density at radius 2 is 2.15 bits per heavy atom. The Morgan fingerprint density at radius 3 is 2.85 bits per heavy atom. The maximum absolute atomic E-state index is 5.46. The molecule has 0 spiro atoms. The summed E-state index contributed by atoms with van der Waals surface area (Å²) in [4.78, 5) is 0. The first-order chi connectivity index (χ1) is 6.41. The van der Waals surface area contributed by atoms with Crippen LogP contribution >= 0.6 is 23.4 Å². The van der Waals surface area contributed by atoms with E-state index in [9.17, 15) is 0 Å². The molecule has 0 bridgehead atoms. The molecule has 0 aliphatic rings. The fourth-order valence-electron chi connectivity index (χ4n) is 0.870. The van der Waals surface area contributed by atoms with Crippen molar-refractivity contribution in [3.8, 4) is 0 Å². The number of nitrogens with one attached hydrogen (secondary N) is 1. The van der Waals surface area contributed by atoms with Crippen LogP contribution in [0, 0.1) is 0 Å². The first-order valence-corrected chi connectivity index (χ1v) is 6.53. The van der Waals surface area contributed by atoms with E-state index in [4.69, 9.17) is 16.3 Å². The van der Waals surface area contributed by atoms with Gasteiger partial charge in [0.1, 0.15) is 0 Å². The van der Waals surface area contributed by atoms with Crippen LogP contribution in [0.5, 0.6) is 0 Å². The molecule has 0 radical (unpaired) electrons. The monoisotopic (exact) mass is 225 g/mol. The van der Waals surface area contributed by atoms with Gasteiger partial charge in [0, 0.05) is 24.8 Å². The van der Waals surface area contributed by atoms with Crippen LogP contribution in [0.1, 0.15) is 13.3 Å². The summed E-state index contributed by atoms with van der Waals surface area (Å²) in [5.74, 6) is 3.01. The third-order valence-electron chi connectivity index (χ3n) is 1.49. The van der Waals surface area contributed by atoms with Crippen molar-refractivity contribution in [1.29, 1.82) is 0 Å². The van der Waals surface area contributed by atoms with E-state index in [0.717, 1.165) is 26.1 Å². The summed E-state index contributed by atoms with van der Waals surface area (Å²) in [7, 11) is 0. The van der Waals surface area contributed by atoms with E-state index in [1.165, 1.54) is 11.5 Å². The molecule has 1 N–H and O–H groups in total. The van der Waals surface area contributed by atoms with E-state index in [2.05, 4.69) is 12.2 Å². The summed E-state index contributed by atoms with van der Waals surface area (Å²) in [6.07, 6.45) is 1.08. The number of thioether (sulfide) groups is 1. The molecular formula is C9H20ClNOS. The molecule has 0 fully saturated rings. The lowest BCUT2D eigenvalue weighted by molar-refractivity contribution is 0.146. The van der Waals surface area contributed by atoms with Gasteiger partial charge >= 0.3 is 0 Å². The maximum atomic E-state index is 5.46. The van der Waals surface area contributed by atoms with E-state index in [1.54, 1.807) is 0 Å². The lowest BCUT2D eigenvalue weighted by Gasteiger charge is -2.04. The van der Waals surface area contributed by atoms with E-state index in [1.807, 2.05) is 11.8 Å². The van der Waals surface area contributed by atoms with Gasteiger partial charge in [0.2, 0.25) is 0 Å². The third-order valence-corrected chi connectivity index (χ3v) is 2.55. The highest BCUT2D eigenvalue weighted by atomic mass is 35.5. The number of hydrogen-bond acceptors (Lipinski definition) is 3. The van der Waals surface area contributed by atoms with Crippen LogP contribution in [0.15, 0.2) is 0 Å². The van der Waals surface area contributed by atoms with Crippen molar-refractivity contribution in [3.63, 3.8) is 0 Å². The minimum absolute atomic E-state index is 0.598. The Balaban J connectivity index is 2.76. The summed E-state index contributed by atoms with van der Waals surface area (Å²) in [6.45, 7) is 5.83. The molecule has 0 aromatic heterocycles. The van der Waals surface area contributed by atoms with Gasteiger partial charge in [-0.05, 0) is 18.7 Å². The smallest absolute Gasteiger partial charge is 0.0601 e. The number of halogens is 1. The molecule has 0 unspecified atom stereocenters. The average molecular weight is 226 g/mol. The van der Waals surface area contributed by atoms with Crippen LogP contribution in [-0.2, 0) is 4.74 Å². The zero-order chi connectivity index (χ0) is 9.78. The van der Waals surface area contributed by atoms with Crippen molar-refractivity contribution < 1.29 is 4.74 Å². The summed E-state index contributed by atoms with van der Waals surface area (Å²) in [5, 5.41) is 3.36. The van der Waals surface area contributed by atoms with Gasteiger partial charge in [0.05, 0.1) is 6.61 Å². The molecule has 13 heavy (non-hydrogen) atoms. The lowest BCUT2D eigenvalue weighted by atomic mass is 10.4. The fourth-order valence-corrected chi connectivity index (χ4v) is 1.56. The molecule has 0 rings (SSSR count). The van der Waals surface area contributed by atoms with E-state index >= 15 is 0 Å². The molecular weight excluding hydrogens is 206 g/mol. The molecule has 0 aromatic rings. The number of alkyl halides is 1. The Hall–Kier alpha value is 0.560.